The predicted octanol–water partition coefficient (Wildman–Crippen LogP) is 3.00. The topological polar surface area (TPSA) is 80.7 Å². The maximum atomic E-state index is 12.1. The van der Waals surface area contributed by atoms with Gasteiger partial charge in [-0.3, -0.25) is 0 Å². The molecule has 170 valence electrons. The largest absolute Gasteiger partial charge is 0.497 e. The highest BCUT2D eigenvalue weighted by atomic mass is 32.2. The van der Waals surface area contributed by atoms with Crippen LogP contribution in [0.2, 0.25) is 0 Å². The molecule has 2 aromatic carbocycles. The lowest BCUT2D eigenvalue weighted by Crippen LogP contribution is -2.59. The van der Waals surface area contributed by atoms with Crippen molar-refractivity contribution in [2.24, 2.45) is 5.10 Å². The van der Waals surface area contributed by atoms with Gasteiger partial charge in [0.1, 0.15) is 5.75 Å². The first-order chi connectivity index (χ1) is 15.3. The summed E-state index contributed by atoms with van der Waals surface area (Å²) in [5, 5.41) is 7.09. The maximum Gasteiger partial charge on any atom is 0.211 e. The number of para-hydroxylation sites is 1. The van der Waals surface area contributed by atoms with Crippen molar-refractivity contribution in [3.05, 3.63) is 53.6 Å². The Morgan fingerprint density at radius 1 is 1.06 bits per heavy atom. The van der Waals surface area contributed by atoms with Crippen molar-refractivity contribution in [2.45, 2.75) is 31.0 Å². The lowest BCUT2D eigenvalue weighted by atomic mass is 9.91. The zero-order chi connectivity index (χ0) is 22.5. The quantitative estimate of drug-likeness (QED) is 0.702. The smallest absolute Gasteiger partial charge is 0.211 e. The van der Waals surface area contributed by atoms with Crippen LogP contribution in [0.1, 0.15) is 36.4 Å². The molecule has 3 aliphatic heterocycles. The number of piperidine rings is 1. The SMILES string of the molecule is COc1ccc(C2=NN3C(C2)c2cccc(OC)c2OC32CCN(S(C)(=O)=O)CC2)cc1. The Balaban J connectivity index is 1.55. The van der Waals surface area contributed by atoms with E-state index >= 15 is 0 Å². The number of nitrogens with zero attached hydrogens (tertiary/aromatic N) is 3. The van der Waals surface area contributed by atoms with Gasteiger partial charge in [0.25, 0.3) is 0 Å². The van der Waals surface area contributed by atoms with Gasteiger partial charge >= 0.3 is 0 Å². The van der Waals surface area contributed by atoms with E-state index in [0.717, 1.165) is 34.8 Å². The summed E-state index contributed by atoms with van der Waals surface area (Å²) in [6.07, 6.45) is 3.03. The molecule has 1 unspecified atom stereocenters. The van der Waals surface area contributed by atoms with E-state index in [4.69, 9.17) is 19.3 Å². The number of rotatable bonds is 4. The van der Waals surface area contributed by atoms with Gasteiger partial charge in [-0.1, -0.05) is 12.1 Å². The van der Waals surface area contributed by atoms with E-state index < -0.39 is 15.7 Å². The summed E-state index contributed by atoms with van der Waals surface area (Å²) in [4.78, 5) is 0. The summed E-state index contributed by atoms with van der Waals surface area (Å²) in [6, 6.07) is 13.8. The van der Waals surface area contributed by atoms with Crippen molar-refractivity contribution in [3.8, 4) is 17.2 Å². The monoisotopic (exact) mass is 457 g/mol. The van der Waals surface area contributed by atoms with Crippen molar-refractivity contribution in [2.75, 3.05) is 33.6 Å². The van der Waals surface area contributed by atoms with Gasteiger partial charge in [-0.2, -0.15) is 5.10 Å². The second-order valence-corrected chi connectivity index (χ2v) is 10.4. The highest BCUT2D eigenvalue weighted by molar-refractivity contribution is 7.88. The third-order valence-electron chi connectivity index (χ3n) is 6.60. The van der Waals surface area contributed by atoms with Gasteiger partial charge in [0, 0.05) is 37.9 Å². The van der Waals surface area contributed by atoms with Crippen LogP contribution in [-0.4, -0.2) is 62.7 Å². The Bertz CT molecular complexity index is 1150. The van der Waals surface area contributed by atoms with E-state index in [1.165, 1.54) is 10.6 Å². The fraction of sp³-hybridized carbons (Fsp3) is 0.435. The van der Waals surface area contributed by atoms with Crippen LogP contribution in [0, 0.1) is 0 Å². The third kappa shape index (κ3) is 3.40. The number of methoxy groups -OCH3 is 2. The second kappa shape index (κ2) is 7.67. The Hall–Kier alpha value is -2.78. The molecule has 1 saturated heterocycles. The molecule has 0 N–H and O–H groups in total. The van der Waals surface area contributed by atoms with Crippen molar-refractivity contribution in [1.29, 1.82) is 0 Å². The molecule has 3 heterocycles. The summed E-state index contributed by atoms with van der Waals surface area (Å²) >= 11 is 0. The second-order valence-electron chi connectivity index (χ2n) is 8.43. The van der Waals surface area contributed by atoms with Gasteiger partial charge in [0.2, 0.25) is 15.7 Å². The van der Waals surface area contributed by atoms with Gasteiger partial charge in [0.15, 0.2) is 11.5 Å². The number of ether oxygens (including phenoxy) is 3. The molecule has 2 aromatic rings. The molecule has 0 radical (unpaired) electrons. The summed E-state index contributed by atoms with van der Waals surface area (Å²) < 4.78 is 43.2. The molecule has 0 aromatic heterocycles. The molecule has 3 aliphatic rings. The minimum atomic E-state index is -3.25. The number of hydrazone groups is 1. The molecule has 0 saturated carbocycles. The van der Waals surface area contributed by atoms with Crippen LogP contribution in [0.5, 0.6) is 17.2 Å². The van der Waals surface area contributed by atoms with Gasteiger partial charge in [-0.15, -0.1) is 0 Å². The van der Waals surface area contributed by atoms with Crippen LogP contribution < -0.4 is 14.2 Å². The van der Waals surface area contributed by atoms with Gasteiger partial charge < -0.3 is 14.2 Å². The third-order valence-corrected chi connectivity index (χ3v) is 7.91. The van der Waals surface area contributed by atoms with Gasteiger partial charge in [-0.25, -0.2) is 17.7 Å². The average Bonchev–Trinajstić information content (AvgIpc) is 3.25. The predicted molar refractivity (Wildman–Crippen MR) is 121 cm³/mol. The van der Waals surface area contributed by atoms with Crippen LogP contribution in [0.15, 0.2) is 47.6 Å². The minimum absolute atomic E-state index is 0.00395. The molecule has 1 spiro atoms. The van der Waals surface area contributed by atoms with E-state index in [1.54, 1.807) is 14.2 Å². The van der Waals surface area contributed by atoms with Crippen molar-refractivity contribution in [3.63, 3.8) is 0 Å². The van der Waals surface area contributed by atoms with Crippen LogP contribution in [0.3, 0.4) is 0 Å². The molecule has 0 amide bonds. The Labute approximate surface area is 188 Å². The van der Waals surface area contributed by atoms with E-state index in [-0.39, 0.29) is 6.04 Å². The first-order valence-corrected chi connectivity index (χ1v) is 12.5. The lowest BCUT2D eigenvalue weighted by molar-refractivity contribution is -0.144. The number of fused-ring (bicyclic) bond motifs is 4. The maximum absolute atomic E-state index is 12.1. The molecule has 0 bridgehead atoms. The average molecular weight is 458 g/mol. The zero-order valence-electron chi connectivity index (χ0n) is 18.4. The highest BCUT2D eigenvalue weighted by Gasteiger charge is 2.53. The molecule has 1 atom stereocenters. The van der Waals surface area contributed by atoms with E-state index in [1.807, 2.05) is 36.4 Å². The van der Waals surface area contributed by atoms with Crippen molar-refractivity contribution in [1.82, 2.24) is 9.31 Å². The summed E-state index contributed by atoms with van der Waals surface area (Å²) in [5.74, 6) is 2.22. The zero-order valence-corrected chi connectivity index (χ0v) is 19.3. The number of benzene rings is 2. The number of hydrogen-bond donors (Lipinski definition) is 0. The molecule has 0 aliphatic carbocycles. The minimum Gasteiger partial charge on any atom is -0.497 e. The molecule has 5 rings (SSSR count). The molecule has 9 heteroatoms. The van der Waals surface area contributed by atoms with Crippen LogP contribution in [0.4, 0.5) is 0 Å². The first-order valence-electron chi connectivity index (χ1n) is 10.7. The van der Waals surface area contributed by atoms with E-state index in [0.29, 0.717) is 31.7 Å². The summed E-state index contributed by atoms with van der Waals surface area (Å²) in [6.45, 7) is 0.778. The van der Waals surface area contributed by atoms with Gasteiger partial charge in [-0.05, 0) is 35.9 Å². The Kier molecular flexibility index (Phi) is 5.05. The van der Waals surface area contributed by atoms with Crippen LogP contribution in [-0.2, 0) is 10.0 Å². The fourth-order valence-corrected chi connectivity index (χ4v) is 5.73. The highest BCUT2D eigenvalue weighted by Crippen LogP contribution is 2.52. The normalized spacial score (nSPS) is 22.0. The molecule has 32 heavy (non-hydrogen) atoms. The van der Waals surface area contributed by atoms with E-state index in [2.05, 4.69) is 11.1 Å². The molecular weight excluding hydrogens is 430 g/mol. The van der Waals surface area contributed by atoms with Crippen molar-refractivity contribution >= 4 is 15.7 Å². The number of hydrogen-bond acceptors (Lipinski definition) is 7. The standard InChI is InChI=1S/C23H27N3O5S/c1-29-17-9-7-16(8-10-17)19-15-20-18-5-4-6-21(30-2)22(18)31-23(26(20)24-19)11-13-25(14-12-23)32(3,27)28/h4-10,20H,11-15H2,1-3H3. The van der Waals surface area contributed by atoms with Crippen LogP contribution in [0.25, 0.3) is 0 Å². The van der Waals surface area contributed by atoms with Crippen molar-refractivity contribution < 1.29 is 22.6 Å². The molecule has 8 nitrogen and oxygen atoms in total. The molecular formula is C23H27N3O5S. The number of sulfonamides is 1. The van der Waals surface area contributed by atoms with Gasteiger partial charge in [0.05, 0.1) is 32.2 Å². The van der Waals surface area contributed by atoms with E-state index in [9.17, 15) is 8.42 Å². The van der Waals surface area contributed by atoms with Crippen LogP contribution >= 0.6 is 0 Å². The molecule has 1 fully saturated rings. The fourth-order valence-electron chi connectivity index (χ4n) is 4.89. The lowest BCUT2D eigenvalue weighted by Gasteiger charge is -2.50. The first kappa shape index (κ1) is 21.1. The Morgan fingerprint density at radius 2 is 1.78 bits per heavy atom. The summed E-state index contributed by atoms with van der Waals surface area (Å²) in [7, 11) is 0.0364. The Morgan fingerprint density at radius 3 is 2.41 bits per heavy atom. The summed E-state index contributed by atoms with van der Waals surface area (Å²) in [5.41, 5.74) is 2.32.